The van der Waals surface area contributed by atoms with E-state index in [9.17, 15) is 27.9 Å². The van der Waals surface area contributed by atoms with Crippen LogP contribution in [0.4, 0.5) is 13.2 Å². The topological polar surface area (TPSA) is 90.7 Å². The molecule has 0 saturated carbocycles. The number of likely N-dealkylation sites (N-methyl/N-ethyl adjacent to an activating group) is 1. The van der Waals surface area contributed by atoms with Crippen LogP contribution in [0.2, 0.25) is 0 Å². The van der Waals surface area contributed by atoms with Crippen molar-refractivity contribution in [3.8, 4) is 0 Å². The molecular formula is C25H27F3N4O3. The Hall–Kier alpha value is -3.40. The highest BCUT2D eigenvalue weighted by atomic mass is 19.3. The molecule has 186 valence electrons. The highest BCUT2D eigenvalue weighted by Crippen LogP contribution is 2.29. The minimum Gasteiger partial charge on any atom is -0.393 e. The first kappa shape index (κ1) is 24.7. The molecule has 0 spiro atoms. The Morgan fingerprint density at radius 2 is 2.06 bits per heavy atom. The summed E-state index contributed by atoms with van der Waals surface area (Å²) in [6, 6.07) is 10.3. The number of aliphatic hydroxyl groups excluding tert-OH is 1. The maximum atomic E-state index is 14.8. The van der Waals surface area contributed by atoms with Gasteiger partial charge in [0.2, 0.25) is 11.5 Å². The Balaban J connectivity index is 1.81. The summed E-state index contributed by atoms with van der Waals surface area (Å²) in [6.07, 6.45) is -1.16. The first-order valence-corrected chi connectivity index (χ1v) is 11.3. The molecule has 2 N–H and O–H groups in total. The number of alkyl halides is 3. The number of rotatable bonds is 6. The lowest BCUT2D eigenvalue weighted by molar-refractivity contribution is -0.133. The molecule has 1 aliphatic rings. The fourth-order valence-corrected chi connectivity index (χ4v) is 4.35. The molecule has 0 aliphatic carbocycles. The number of imidazole rings is 1. The molecule has 0 bridgehead atoms. The number of piperidine rings is 1. The van der Waals surface area contributed by atoms with E-state index in [-0.39, 0.29) is 35.1 Å². The molecule has 2 atom stereocenters. The van der Waals surface area contributed by atoms with Crippen molar-refractivity contribution < 1.29 is 27.9 Å². The van der Waals surface area contributed by atoms with E-state index in [0.29, 0.717) is 24.0 Å². The standard InChI is InChI=1S/C25H27F3N4O3/c1-25(28,14-33)13-32-20-9-8-15(18-7-4-10-31(2)23(18)35)12-19(20)29-24(32)30-22(34)17-6-3-5-16(11-17)21(26)27/h3,5-6,8-9,11-12,18,21,33H,4,7,10,13-14H2,1-2H3,(H,29,30,34)/t18?,25-/m0/s1. The van der Waals surface area contributed by atoms with Crippen LogP contribution in [0.3, 0.4) is 0 Å². The van der Waals surface area contributed by atoms with Crippen LogP contribution in [0.1, 0.15) is 53.6 Å². The zero-order chi connectivity index (χ0) is 25.3. The number of hydrogen-bond donors (Lipinski definition) is 2. The number of nitrogens with one attached hydrogen (secondary N) is 1. The summed E-state index contributed by atoms with van der Waals surface area (Å²) in [6.45, 7) is 0.865. The smallest absolute Gasteiger partial charge is 0.280 e. The zero-order valence-electron chi connectivity index (χ0n) is 19.5. The van der Waals surface area contributed by atoms with Crippen LogP contribution in [-0.2, 0) is 11.3 Å². The number of nitrogens with zero attached hydrogens (tertiary/aromatic N) is 3. The third kappa shape index (κ3) is 5.17. The second kappa shape index (κ2) is 9.69. The van der Waals surface area contributed by atoms with Crippen LogP contribution in [0.15, 0.2) is 47.5 Å². The minimum absolute atomic E-state index is 0.00835. The summed E-state index contributed by atoms with van der Waals surface area (Å²) in [5.41, 5.74) is -0.498. The summed E-state index contributed by atoms with van der Waals surface area (Å²) in [5.74, 6) is -1.06. The highest BCUT2D eigenvalue weighted by molar-refractivity contribution is 5.95. The molecule has 1 saturated heterocycles. The van der Waals surface area contributed by atoms with Crippen molar-refractivity contribution in [1.29, 1.82) is 0 Å². The molecule has 1 aromatic heterocycles. The predicted octanol–water partition coefficient (Wildman–Crippen LogP) is 3.70. The fraction of sp³-hybridized carbons (Fsp3) is 0.400. The number of halogens is 3. The molecule has 35 heavy (non-hydrogen) atoms. The summed E-state index contributed by atoms with van der Waals surface area (Å²) in [5, 5.41) is 9.46. The molecule has 0 radical (unpaired) electrons. The number of carbonyl (C=O) groups is 2. The largest absolute Gasteiger partial charge is 0.393 e. The van der Waals surface area contributed by atoms with E-state index in [2.05, 4.69) is 9.98 Å². The summed E-state index contributed by atoms with van der Waals surface area (Å²) >= 11 is 0. The van der Waals surface area contributed by atoms with Gasteiger partial charge in [-0.1, -0.05) is 18.2 Å². The van der Waals surface area contributed by atoms with Crippen molar-refractivity contribution in [1.82, 2.24) is 14.5 Å². The lowest BCUT2D eigenvalue weighted by atomic mass is 9.90. The van der Waals surface area contributed by atoms with Gasteiger partial charge in [0.05, 0.1) is 30.1 Å². The number of hydrogen-bond acceptors (Lipinski definition) is 3. The second-order valence-corrected chi connectivity index (χ2v) is 9.18. The van der Waals surface area contributed by atoms with E-state index in [1.807, 2.05) is 0 Å². The van der Waals surface area contributed by atoms with E-state index in [0.717, 1.165) is 18.1 Å². The quantitative estimate of drug-likeness (QED) is 0.554. The molecule has 1 unspecified atom stereocenters. The van der Waals surface area contributed by atoms with Gasteiger partial charge in [0.15, 0.2) is 0 Å². The number of fused-ring (bicyclic) bond motifs is 1. The highest BCUT2D eigenvalue weighted by Gasteiger charge is 2.29. The van der Waals surface area contributed by atoms with Crippen LogP contribution in [0.5, 0.6) is 0 Å². The molecule has 1 aliphatic heterocycles. The molecule has 7 nitrogen and oxygen atoms in total. The molecule has 4 rings (SSSR count). The molecule has 2 amide bonds. The number of likely N-dealkylation sites (tertiary alicyclic amines) is 1. The molecular weight excluding hydrogens is 461 g/mol. The van der Waals surface area contributed by atoms with Crippen LogP contribution >= 0.6 is 0 Å². The Morgan fingerprint density at radius 1 is 1.29 bits per heavy atom. The van der Waals surface area contributed by atoms with Gasteiger partial charge in [-0.25, -0.2) is 13.2 Å². The van der Waals surface area contributed by atoms with Gasteiger partial charge in [-0.05, 0) is 49.6 Å². The number of aromatic nitrogens is 2. The van der Waals surface area contributed by atoms with Crippen LogP contribution in [0, 0.1) is 0 Å². The Labute approximate surface area is 199 Å². The summed E-state index contributed by atoms with van der Waals surface area (Å²) < 4.78 is 42.4. The second-order valence-electron chi connectivity index (χ2n) is 9.18. The molecule has 2 aromatic carbocycles. The van der Waals surface area contributed by atoms with Crippen molar-refractivity contribution in [3.63, 3.8) is 0 Å². The third-order valence-electron chi connectivity index (χ3n) is 6.29. The number of aliphatic hydroxyl groups is 1. The van der Waals surface area contributed by atoms with Crippen molar-refractivity contribution >= 4 is 22.8 Å². The lowest BCUT2D eigenvalue weighted by Crippen LogP contribution is -2.37. The van der Waals surface area contributed by atoms with Gasteiger partial charge in [-0.2, -0.15) is 4.99 Å². The predicted molar refractivity (Wildman–Crippen MR) is 124 cm³/mol. The van der Waals surface area contributed by atoms with Gasteiger partial charge >= 0.3 is 0 Å². The average molecular weight is 489 g/mol. The van der Waals surface area contributed by atoms with Gasteiger partial charge in [0, 0.05) is 24.7 Å². The van der Waals surface area contributed by atoms with E-state index in [1.165, 1.54) is 29.7 Å². The summed E-state index contributed by atoms with van der Waals surface area (Å²) in [7, 11) is 1.76. The van der Waals surface area contributed by atoms with E-state index < -0.39 is 24.6 Å². The monoisotopic (exact) mass is 488 g/mol. The minimum atomic E-state index is -2.74. The van der Waals surface area contributed by atoms with Crippen LogP contribution in [-0.4, -0.2) is 57.2 Å². The number of H-pyrrole nitrogens is 1. The van der Waals surface area contributed by atoms with Gasteiger partial charge < -0.3 is 19.6 Å². The SMILES string of the molecule is CN1CCCC(c2ccc3c(c2)[nH]/c(=N\C(=O)c2cccc(C(F)F)c2)n3C[C@](C)(F)CO)C1=O. The Morgan fingerprint density at radius 3 is 2.77 bits per heavy atom. The number of benzene rings is 2. The van der Waals surface area contributed by atoms with E-state index >= 15 is 0 Å². The van der Waals surface area contributed by atoms with Gasteiger partial charge in [0.25, 0.3) is 12.3 Å². The molecule has 10 heteroatoms. The number of aromatic amines is 1. The Kier molecular flexibility index (Phi) is 6.84. The first-order chi connectivity index (χ1) is 16.6. The van der Waals surface area contributed by atoms with Crippen LogP contribution < -0.4 is 5.62 Å². The molecule has 1 fully saturated rings. The number of amides is 2. The molecule has 2 heterocycles. The lowest BCUT2D eigenvalue weighted by Gasteiger charge is -2.29. The third-order valence-corrected chi connectivity index (χ3v) is 6.29. The fourth-order valence-electron chi connectivity index (χ4n) is 4.35. The normalized spacial score (nSPS) is 18.9. The van der Waals surface area contributed by atoms with Gasteiger partial charge in [-0.15, -0.1) is 0 Å². The van der Waals surface area contributed by atoms with Crippen molar-refractivity contribution in [2.24, 2.45) is 4.99 Å². The average Bonchev–Trinajstić information content (AvgIpc) is 3.16. The Bertz CT molecular complexity index is 1330. The van der Waals surface area contributed by atoms with Crippen molar-refractivity contribution in [2.45, 2.75) is 44.3 Å². The zero-order valence-corrected chi connectivity index (χ0v) is 19.5. The maximum Gasteiger partial charge on any atom is 0.280 e. The van der Waals surface area contributed by atoms with Gasteiger partial charge in [0.1, 0.15) is 5.67 Å². The summed E-state index contributed by atoms with van der Waals surface area (Å²) in [4.78, 5) is 34.2. The number of carbonyl (C=O) groups excluding carboxylic acids is 2. The molecule has 3 aromatic rings. The first-order valence-electron chi connectivity index (χ1n) is 11.3. The van der Waals surface area contributed by atoms with Crippen molar-refractivity contribution in [2.75, 3.05) is 20.2 Å². The van der Waals surface area contributed by atoms with Crippen LogP contribution in [0.25, 0.3) is 11.0 Å². The van der Waals surface area contributed by atoms with E-state index in [1.54, 1.807) is 30.1 Å². The van der Waals surface area contributed by atoms with Crippen molar-refractivity contribution in [3.05, 3.63) is 64.8 Å². The van der Waals surface area contributed by atoms with Gasteiger partial charge in [-0.3, -0.25) is 9.59 Å². The maximum absolute atomic E-state index is 14.8. The van der Waals surface area contributed by atoms with E-state index in [4.69, 9.17) is 0 Å².